The minimum absolute atomic E-state index is 0.309. The van der Waals surface area contributed by atoms with Crippen molar-refractivity contribution in [3.8, 4) is 11.3 Å². The Hall–Kier alpha value is -2.94. The van der Waals surface area contributed by atoms with Crippen molar-refractivity contribution in [2.75, 3.05) is 25.1 Å². The second-order valence-electron chi connectivity index (χ2n) is 8.13. The molecule has 1 aliphatic rings. The number of carbonyl (C=O) groups excluding carboxylic acids is 1. The molecule has 0 atom stereocenters. The van der Waals surface area contributed by atoms with Crippen LogP contribution in [0.25, 0.3) is 22.5 Å². The number of aromatic nitrogens is 3. The van der Waals surface area contributed by atoms with E-state index in [1.807, 2.05) is 37.6 Å². The van der Waals surface area contributed by atoms with Crippen molar-refractivity contribution < 1.29 is 13.9 Å². The maximum Gasteiger partial charge on any atom is 0.410 e. The SMILES string of the molecule is CSc1nc(C2=CCCN(C(=O)OC(C)(C)C)C2)cn2c(-c3coc(N)c3)cnc12. The predicted molar refractivity (Wildman–Crippen MR) is 117 cm³/mol. The standard InChI is InChI=1S/C21H25N5O3S/c1-21(2,3)29-20(27)25-7-5-6-13(10-25)15-11-26-16(14-8-17(22)28-12-14)9-23-18(26)19(24-15)30-4/h6,8-9,11-12H,5,7,10,22H2,1-4H3. The van der Waals surface area contributed by atoms with Gasteiger partial charge in [-0.2, -0.15) is 0 Å². The summed E-state index contributed by atoms with van der Waals surface area (Å²) >= 11 is 1.53. The third-order valence-electron chi connectivity index (χ3n) is 4.70. The highest BCUT2D eigenvalue weighted by Gasteiger charge is 2.26. The van der Waals surface area contributed by atoms with Gasteiger partial charge in [-0.1, -0.05) is 6.08 Å². The van der Waals surface area contributed by atoms with E-state index in [1.165, 1.54) is 11.8 Å². The van der Waals surface area contributed by atoms with E-state index in [0.29, 0.717) is 19.0 Å². The number of thioether (sulfide) groups is 1. The number of carbonyl (C=O) groups is 1. The molecule has 158 valence electrons. The zero-order valence-electron chi connectivity index (χ0n) is 17.5. The monoisotopic (exact) mass is 427 g/mol. The van der Waals surface area contributed by atoms with Gasteiger partial charge in [0.2, 0.25) is 0 Å². The zero-order valence-corrected chi connectivity index (χ0v) is 18.3. The summed E-state index contributed by atoms with van der Waals surface area (Å²) in [6, 6.07) is 1.77. The normalized spacial score (nSPS) is 14.8. The first-order chi connectivity index (χ1) is 14.2. The lowest BCUT2D eigenvalue weighted by atomic mass is 10.1. The molecule has 9 heteroatoms. The van der Waals surface area contributed by atoms with E-state index < -0.39 is 5.60 Å². The third-order valence-corrected chi connectivity index (χ3v) is 5.36. The van der Waals surface area contributed by atoms with Crippen molar-refractivity contribution in [3.63, 3.8) is 0 Å². The molecule has 3 aromatic rings. The first kappa shape index (κ1) is 20.3. The molecule has 0 unspecified atom stereocenters. The fraction of sp³-hybridized carbons (Fsp3) is 0.381. The lowest BCUT2D eigenvalue weighted by Crippen LogP contribution is -2.39. The number of nitrogens with zero attached hydrogens (tertiary/aromatic N) is 4. The second kappa shape index (κ2) is 7.71. The maximum absolute atomic E-state index is 12.5. The van der Waals surface area contributed by atoms with Crippen molar-refractivity contribution in [2.24, 2.45) is 0 Å². The smallest absolute Gasteiger partial charge is 0.410 e. The van der Waals surface area contributed by atoms with Crippen LogP contribution in [0.5, 0.6) is 0 Å². The predicted octanol–water partition coefficient (Wildman–Crippen LogP) is 4.32. The van der Waals surface area contributed by atoms with E-state index in [9.17, 15) is 4.79 Å². The number of hydrogen-bond acceptors (Lipinski definition) is 7. The number of imidazole rings is 1. The van der Waals surface area contributed by atoms with Crippen molar-refractivity contribution in [2.45, 2.75) is 37.8 Å². The van der Waals surface area contributed by atoms with E-state index in [-0.39, 0.29) is 6.09 Å². The van der Waals surface area contributed by atoms with E-state index in [1.54, 1.807) is 23.4 Å². The topological polar surface area (TPSA) is 98.9 Å². The van der Waals surface area contributed by atoms with Crippen molar-refractivity contribution in [1.29, 1.82) is 0 Å². The molecule has 2 N–H and O–H groups in total. The summed E-state index contributed by atoms with van der Waals surface area (Å²) in [7, 11) is 0. The summed E-state index contributed by atoms with van der Waals surface area (Å²) in [5, 5.41) is 0.811. The zero-order chi connectivity index (χ0) is 21.5. The highest BCUT2D eigenvalue weighted by atomic mass is 32.2. The van der Waals surface area contributed by atoms with E-state index in [0.717, 1.165) is 39.6 Å². The number of furan rings is 1. The summed E-state index contributed by atoms with van der Waals surface area (Å²) in [5.41, 5.74) is 9.48. The lowest BCUT2D eigenvalue weighted by molar-refractivity contribution is 0.0273. The van der Waals surface area contributed by atoms with Gasteiger partial charge in [0.1, 0.15) is 16.9 Å². The van der Waals surface area contributed by atoms with Gasteiger partial charge in [0.25, 0.3) is 0 Å². The Morgan fingerprint density at radius 1 is 1.37 bits per heavy atom. The highest BCUT2D eigenvalue weighted by molar-refractivity contribution is 7.98. The van der Waals surface area contributed by atoms with Crippen molar-refractivity contribution >= 4 is 35.0 Å². The Morgan fingerprint density at radius 2 is 2.17 bits per heavy atom. The van der Waals surface area contributed by atoms with Gasteiger partial charge in [-0.15, -0.1) is 11.8 Å². The molecule has 0 radical (unpaired) electrons. The van der Waals surface area contributed by atoms with Crippen LogP contribution in [0.3, 0.4) is 0 Å². The van der Waals surface area contributed by atoms with Gasteiger partial charge in [0.15, 0.2) is 11.5 Å². The minimum Gasteiger partial charge on any atom is -0.449 e. The van der Waals surface area contributed by atoms with E-state index >= 15 is 0 Å². The quantitative estimate of drug-likeness (QED) is 0.622. The third kappa shape index (κ3) is 4.02. The molecule has 0 saturated heterocycles. The van der Waals surface area contributed by atoms with Crippen molar-refractivity contribution in [1.82, 2.24) is 19.3 Å². The van der Waals surface area contributed by atoms with Crippen LogP contribution in [0.4, 0.5) is 10.7 Å². The second-order valence-corrected chi connectivity index (χ2v) is 8.93. The van der Waals surface area contributed by atoms with Gasteiger partial charge in [0.05, 0.1) is 24.1 Å². The summed E-state index contributed by atoms with van der Waals surface area (Å²) < 4.78 is 12.8. The molecular formula is C21H25N5O3S. The average Bonchev–Trinajstić information content (AvgIpc) is 3.31. The van der Waals surface area contributed by atoms with Gasteiger partial charge in [-0.3, -0.25) is 4.40 Å². The largest absolute Gasteiger partial charge is 0.449 e. The van der Waals surface area contributed by atoms with Crippen LogP contribution < -0.4 is 5.73 Å². The molecule has 0 fully saturated rings. The summed E-state index contributed by atoms with van der Waals surface area (Å²) in [5.74, 6) is 0.349. The Morgan fingerprint density at radius 3 is 2.83 bits per heavy atom. The van der Waals surface area contributed by atoms with Gasteiger partial charge >= 0.3 is 6.09 Å². The van der Waals surface area contributed by atoms with Gasteiger partial charge in [-0.25, -0.2) is 14.8 Å². The van der Waals surface area contributed by atoms with Crippen LogP contribution in [-0.2, 0) is 4.74 Å². The fourth-order valence-electron chi connectivity index (χ4n) is 3.36. The first-order valence-electron chi connectivity index (χ1n) is 9.69. The minimum atomic E-state index is -0.528. The Balaban J connectivity index is 1.70. The molecule has 3 aromatic heterocycles. The number of hydrogen-bond donors (Lipinski definition) is 1. The van der Waals surface area contributed by atoms with Gasteiger partial charge in [0, 0.05) is 24.4 Å². The Labute approximate surface area is 179 Å². The number of amides is 1. The number of nitrogens with two attached hydrogens (primary N) is 1. The number of nitrogen functional groups attached to an aromatic ring is 1. The van der Waals surface area contributed by atoms with Crippen LogP contribution in [0.1, 0.15) is 32.9 Å². The molecular weight excluding hydrogens is 402 g/mol. The van der Waals surface area contributed by atoms with Crippen LogP contribution in [0.15, 0.2) is 40.2 Å². The Bertz CT molecular complexity index is 1130. The van der Waals surface area contributed by atoms with Crippen molar-refractivity contribution in [3.05, 3.63) is 36.5 Å². The molecule has 0 bridgehead atoms. The van der Waals surface area contributed by atoms with Crippen LogP contribution in [0, 0.1) is 0 Å². The molecule has 30 heavy (non-hydrogen) atoms. The molecule has 1 amide bonds. The highest BCUT2D eigenvalue weighted by Crippen LogP contribution is 2.30. The summed E-state index contributed by atoms with van der Waals surface area (Å²) in [6.07, 6.45) is 9.89. The molecule has 1 aliphatic heterocycles. The average molecular weight is 428 g/mol. The fourth-order valence-corrected chi connectivity index (χ4v) is 3.89. The number of anilines is 1. The van der Waals surface area contributed by atoms with Crippen LogP contribution >= 0.6 is 11.8 Å². The molecule has 0 spiro atoms. The number of rotatable bonds is 3. The number of fused-ring (bicyclic) bond motifs is 1. The molecule has 8 nitrogen and oxygen atoms in total. The van der Waals surface area contributed by atoms with E-state index in [2.05, 4.69) is 11.1 Å². The molecule has 0 aromatic carbocycles. The number of ether oxygens (including phenoxy) is 1. The molecule has 4 heterocycles. The summed E-state index contributed by atoms with van der Waals surface area (Å²) in [4.78, 5) is 23.6. The lowest BCUT2D eigenvalue weighted by Gasteiger charge is -2.30. The summed E-state index contributed by atoms with van der Waals surface area (Å²) in [6.45, 7) is 6.68. The first-order valence-corrected chi connectivity index (χ1v) is 10.9. The van der Waals surface area contributed by atoms with Crippen LogP contribution in [-0.4, -0.2) is 50.3 Å². The van der Waals surface area contributed by atoms with Crippen LogP contribution in [0.2, 0.25) is 0 Å². The van der Waals surface area contributed by atoms with Gasteiger partial charge < -0.3 is 19.8 Å². The van der Waals surface area contributed by atoms with Gasteiger partial charge in [-0.05, 0) is 39.0 Å². The molecule has 4 rings (SSSR count). The Kier molecular flexibility index (Phi) is 5.23. The molecule has 0 aliphatic carbocycles. The maximum atomic E-state index is 12.5. The van der Waals surface area contributed by atoms with E-state index in [4.69, 9.17) is 19.9 Å². The molecule has 0 saturated carbocycles.